The second-order valence-electron chi connectivity index (χ2n) is 6.49. The van der Waals surface area contributed by atoms with E-state index in [1.165, 1.54) is 0 Å². The zero-order valence-electron chi connectivity index (χ0n) is 14.9. The highest BCUT2D eigenvalue weighted by atomic mass is 79.9. The van der Waals surface area contributed by atoms with Gasteiger partial charge in [0, 0.05) is 36.3 Å². The highest BCUT2D eigenvalue weighted by molar-refractivity contribution is 9.10. The van der Waals surface area contributed by atoms with Crippen molar-refractivity contribution in [3.8, 4) is 0 Å². The van der Waals surface area contributed by atoms with E-state index in [1.54, 1.807) is 17.0 Å². The second kappa shape index (κ2) is 8.05. The maximum Gasteiger partial charge on any atom is 0.289 e. The van der Waals surface area contributed by atoms with E-state index in [9.17, 15) is 9.59 Å². The molecule has 1 aliphatic heterocycles. The molecule has 2 heterocycles. The SMILES string of the molecule is Cc1ccc(C(=O)N2CCN(CC(=O)Nc3ccc(Br)cc3C)CC2)o1. The van der Waals surface area contributed by atoms with Gasteiger partial charge in [0.15, 0.2) is 5.76 Å². The normalized spacial score (nSPS) is 15.1. The molecular weight excluding hydrogens is 398 g/mol. The van der Waals surface area contributed by atoms with Gasteiger partial charge in [-0.05, 0) is 49.7 Å². The lowest BCUT2D eigenvalue weighted by Gasteiger charge is -2.33. The van der Waals surface area contributed by atoms with Crippen molar-refractivity contribution in [3.63, 3.8) is 0 Å². The van der Waals surface area contributed by atoms with Crippen molar-refractivity contribution in [3.05, 3.63) is 51.9 Å². The molecule has 1 saturated heterocycles. The number of nitrogens with zero attached hydrogens (tertiary/aromatic N) is 2. The molecule has 1 N–H and O–H groups in total. The van der Waals surface area contributed by atoms with Gasteiger partial charge in [0.05, 0.1) is 6.54 Å². The molecule has 138 valence electrons. The van der Waals surface area contributed by atoms with E-state index in [2.05, 4.69) is 26.1 Å². The predicted octanol–water partition coefficient (Wildman–Crippen LogP) is 3.06. The largest absolute Gasteiger partial charge is 0.456 e. The molecule has 0 unspecified atom stereocenters. The van der Waals surface area contributed by atoms with Gasteiger partial charge in [0.1, 0.15) is 5.76 Å². The van der Waals surface area contributed by atoms with Gasteiger partial charge < -0.3 is 14.6 Å². The Bertz CT molecular complexity index is 810. The average Bonchev–Trinajstić information content (AvgIpc) is 3.04. The summed E-state index contributed by atoms with van der Waals surface area (Å²) in [4.78, 5) is 28.5. The molecule has 1 aromatic heterocycles. The van der Waals surface area contributed by atoms with Crippen LogP contribution in [-0.2, 0) is 4.79 Å². The number of carbonyl (C=O) groups excluding carboxylic acids is 2. The van der Waals surface area contributed by atoms with Crippen molar-refractivity contribution in [2.24, 2.45) is 0 Å². The molecule has 1 aliphatic rings. The molecule has 0 aliphatic carbocycles. The third-order valence-corrected chi connectivity index (χ3v) is 4.93. The molecule has 3 rings (SSSR count). The van der Waals surface area contributed by atoms with Gasteiger partial charge in [-0.15, -0.1) is 0 Å². The minimum Gasteiger partial charge on any atom is -0.456 e. The topological polar surface area (TPSA) is 65.8 Å². The smallest absolute Gasteiger partial charge is 0.289 e. The monoisotopic (exact) mass is 419 g/mol. The van der Waals surface area contributed by atoms with Crippen LogP contribution < -0.4 is 5.32 Å². The summed E-state index contributed by atoms with van der Waals surface area (Å²) in [5, 5.41) is 2.95. The summed E-state index contributed by atoms with van der Waals surface area (Å²) in [6, 6.07) is 9.26. The maximum atomic E-state index is 12.4. The molecule has 7 heteroatoms. The first kappa shape index (κ1) is 18.7. The molecule has 0 spiro atoms. The number of benzene rings is 1. The van der Waals surface area contributed by atoms with E-state index in [1.807, 2.05) is 32.0 Å². The molecule has 0 radical (unpaired) electrons. The number of amides is 2. The Morgan fingerprint density at radius 2 is 1.85 bits per heavy atom. The number of rotatable bonds is 4. The number of piperazine rings is 1. The maximum absolute atomic E-state index is 12.4. The van der Waals surface area contributed by atoms with Gasteiger partial charge in [-0.2, -0.15) is 0 Å². The molecule has 2 aromatic rings. The number of nitrogens with one attached hydrogen (secondary N) is 1. The average molecular weight is 420 g/mol. The minimum absolute atomic E-state index is 0.0446. The standard InChI is InChI=1S/C19H22BrN3O3/c1-13-11-15(20)4-5-16(13)21-18(24)12-22-7-9-23(10-8-22)19(25)17-6-3-14(2)26-17/h3-6,11H,7-10,12H2,1-2H3,(H,21,24). The van der Waals surface area contributed by atoms with E-state index in [-0.39, 0.29) is 11.8 Å². The third kappa shape index (κ3) is 4.53. The first-order valence-corrected chi connectivity index (χ1v) is 9.36. The number of furan rings is 1. The van der Waals surface area contributed by atoms with Crippen LogP contribution in [0, 0.1) is 13.8 Å². The Kier molecular flexibility index (Phi) is 5.78. The summed E-state index contributed by atoms with van der Waals surface area (Å²) in [7, 11) is 0. The van der Waals surface area contributed by atoms with E-state index < -0.39 is 0 Å². The number of aryl methyl sites for hydroxylation is 2. The molecule has 0 atom stereocenters. The minimum atomic E-state index is -0.0901. The zero-order valence-corrected chi connectivity index (χ0v) is 16.5. The quantitative estimate of drug-likeness (QED) is 0.826. The van der Waals surface area contributed by atoms with E-state index in [4.69, 9.17) is 4.42 Å². The van der Waals surface area contributed by atoms with Crippen LogP contribution in [-0.4, -0.2) is 54.3 Å². The Balaban J connectivity index is 1.49. The molecule has 0 bridgehead atoms. The van der Waals surface area contributed by atoms with E-state index in [0.29, 0.717) is 38.5 Å². The van der Waals surface area contributed by atoms with Crippen molar-refractivity contribution >= 4 is 33.4 Å². The molecule has 0 saturated carbocycles. The Morgan fingerprint density at radius 3 is 2.46 bits per heavy atom. The lowest BCUT2D eigenvalue weighted by atomic mass is 10.2. The van der Waals surface area contributed by atoms with Crippen LogP contribution in [0.15, 0.2) is 39.2 Å². The van der Waals surface area contributed by atoms with Crippen molar-refractivity contribution in [1.82, 2.24) is 9.80 Å². The van der Waals surface area contributed by atoms with Crippen LogP contribution in [0.1, 0.15) is 21.9 Å². The van der Waals surface area contributed by atoms with Gasteiger partial charge in [-0.3, -0.25) is 14.5 Å². The van der Waals surface area contributed by atoms with Gasteiger partial charge in [0.25, 0.3) is 5.91 Å². The molecule has 2 amide bonds. The highest BCUT2D eigenvalue weighted by Gasteiger charge is 2.25. The number of hydrogen-bond acceptors (Lipinski definition) is 4. The Morgan fingerprint density at radius 1 is 1.12 bits per heavy atom. The Hall–Kier alpha value is -2.12. The van der Waals surface area contributed by atoms with Crippen molar-refractivity contribution in [1.29, 1.82) is 0 Å². The van der Waals surface area contributed by atoms with Crippen LogP contribution in [0.25, 0.3) is 0 Å². The van der Waals surface area contributed by atoms with Crippen molar-refractivity contribution in [2.75, 3.05) is 38.0 Å². The molecule has 1 aromatic carbocycles. The van der Waals surface area contributed by atoms with Crippen LogP contribution in [0.5, 0.6) is 0 Å². The lowest BCUT2D eigenvalue weighted by Crippen LogP contribution is -2.50. The van der Waals surface area contributed by atoms with E-state index >= 15 is 0 Å². The van der Waals surface area contributed by atoms with Gasteiger partial charge >= 0.3 is 0 Å². The van der Waals surface area contributed by atoms with E-state index in [0.717, 1.165) is 21.5 Å². The zero-order chi connectivity index (χ0) is 18.7. The molecule has 1 fully saturated rings. The third-order valence-electron chi connectivity index (χ3n) is 4.44. The van der Waals surface area contributed by atoms with Crippen LogP contribution >= 0.6 is 15.9 Å². The fourth-order valence-corrected chi connectivity index (χ4v) is 3.45. The summed E-state index contributed by atoms with van der Waals surface area (Å²) in [6.07, 6.45) is 0. The highest BCUT2D eigenvalue weighted by Crippen LogP contribution is 2.20. The summed E-state index contributed by atoms with van der Waals surface area (Å²) >= 11 is 3.42. The summed E-state index contributed by atoms with van der Waals surface area (Å²) in [5.74, 6) is 0.968. The lowest BCUT2D eigenvalue weighted by molar-refractivity contribution is -0.117. The first-order valence-electron chi connectivity index (χ1n) is 8.56. The Labute approximate surface area is 161 Å². The summed E-state index contributed by atoms with van der Waals surface area (Å²) in [5.41, 5.74) is 1.83. The fourth-order valence-electron chi connectivity index (χ4n) is 2.97. The van der Waals surface area contributed by atoms with Gasteiger partial charge in [-0.1, -0.05) is 15.9 Å². The molecule has 6 nitrogen and oxygen atoms in total. The second-order valence-corrected chi connectivity index (χ2v) is 7.40. The van der Waals surface area contributed by atoms with Crippen LogP contribution in [0.3, 0.4) is 0 Å². The van der Waals surface area contributed by atoms with Gasteiger partial charge in [0.2, 0.25) is 5.91 Å². The van der Waals surface area contributed by atoms with Crippen LogP contribution in [0.2, 0.25) is 0 Å². The van der Waals surface area contributed by atoms with Crippen LogP contribution in [0.4, 0.5) is 5.69 Å². The molecular formula is C19H22BrN3O3. The number of anilines is 1. The first-order chi connectivity index (χ1) is 12.4. The van der Waals surface area contributed by atoms with Crippen molar-refractivity contribution < 1.29 is 14.0 Å². The summed E-state index contributed by atoms with van der Waals surface area (Å²) < 4.78 is 6.39. The van der Waals surface area contributed by atoms with Gasteiger partial charge in [-0.25, -0.2) is 0 Å². The van der Waals surface area contributed by atoms with Crippen molar-refractivity contribution in [2.45, 2.75) is 13.8 Å². The molecule has 26 heavy (non-hydrogen) atoms. The number of hydrogen-bond donors (Lipinski definition) is 1. The predicted molar refractivity (Wildman–Crippen MR) is 103 cm³/mol. The number of carbonyl (C=O) groups is 2. The summed E-state index contributed by atoms with van der Waals surface area (Å²) in [6.45, 7) is 6.60. The fraction of sp³-hybridized carbons (Fsp3) is 0.368. The number of halogens is 1.